The summed E-state index contributed by atoms with van der Waals surface area (Å²) in [7, 11) is -3.56. The number of hydrogen-bond donors (Lipinski definition) is 1. The molecule has 1 atom stereocenters. The minimum Gasteiger partial charge on any atom is -0.353 e. The zero-order valence-electron chi connectivity index (χ0n) is 14.6. The molecule has 1 saturated heterocycles. The minimum atomic E-state index is -3.56. The third-order valence-electron chi connectivity index (χ3n) is 4.71. The predicted molar refractivity (Wildman–Crippen MR) is 106 cm³/mol. The number of carbonyl (C=O) groups excluding carboxylic acids is 1. The van der Waals surface area contributed by atoms with Crippen LogP contribution in [0.4, 0.5) is 0 Å². The Hall–Kier alpha value is -0.440. The number of sulfonamides is 1. The molecule has 1 amide bonds. The average molecular weight is 496 g/mol. The van der Waals surface area contributed by atoms with E-state index in [1.54, 1.807) is 18.2 Å². The maximum atomic E-state index is 12.8. The molecule has 5 nitrogen and oxygen atoms in total. The Morgan fingerprint density at radius 1 is 1.20 bits per heavy atom. The van der Waals surface area contributed by atoms with Gasteiger partial charge in [0.2, 0.25) is 15.9 Å². The first-order valence-corrected chi connectivity index (χ1v) is 11.4. The number of piperidine rings is 1. The van der Waals surface area contributed by atoms with E-state index in [9.17, 15) is 13.2 Å². The maximum Gasteiger partial charge on any atom is 0.244 e. The van der Waals surface area contributed by atoms with E-state index < -0.39 is 10.0 Å². The molecule has 1 aliphatic rings. The van der Waals surface area contributed by atoms with Gasteiger partial charge in [0, 0.05) is 34.0 Å². The van der Waals surface area contributed by atoms with Crippen LogP contribution < -0.4 is 5.32 Å². The van der Waals surface area contributed by atoms with Crippen molar-refractivity contribution >= 4 is 47.8 Å². The molecule has 0 spiro atoms. The van der Waals surface area contributed by atoms with Gasteiger partial charge < -0.3 is 5.32 Å². The lowest BCUT2D eigenvalue weighted by Gasteiger charge is -2.31. The fourth-order valence-electron chi connectivity index (χ4n) is 2.69. The second-order valence-corrected chi connectivity index (χ2v) is 10.5. The first kappa shape index (κ1) is 20.9. The van der Waals surface area contributed by atoms with E-state index in [1.807, 2.05) is 6.92 Å². The predicted octanol–water partition coefficient (Wildman–Crippen LogP) is 3.77. The second-order valence-electron chi connectivity index (χ2n) is 6.79. The van der Waals surface area contributed by atoms with Gasteiger partial charge in [-0.3, -0.25) is 4.79 Å². The van der Waals surface area contributed by atoms with E-state index in [-0.39, 0.29) is 22.8 Å². The molecule has 0 aromatic heterocycles. The third kappa shape index (κ3) is 5.05. The van der Waals surface area contributed by atoms with Crippen molar-refractivity contribution in [1.29, 1.82) is 0 Å². The van der Waals surface area contributed by atoms with E-state index in [1.165, 1.54) is 4.31 Å². The smallest absolute Gasteiger partial charge is 0.244 e. The van der Waals surface area contributed by atoms with Gasteiger partial charge in [0.25, 0.3) is 0 Å². The molecular formula is C17H24Br2N2O3S. The number of halogens is 2. The molecule has 0 radical (unpaired) electrons. The summed E-state index contributed by atoms with van der Waals surface area (Å²) in [5.74, 6) is 0.281. The first-order chi connectivity index (χ1) is 11.6. The topological polar surface area (TPSA) is 66.5 Å². The summed E-state index contributed by atoms with van der Waals surface area (Å²) in [6, 6.07) is 5.14. The summed E-state index contributed by atoms with van der Waals surface area (Å²) in [6.07, 6.45) is 1.09. The molecule has 140 valence electrons. The van der Waals surface area contributed by atoms with Crippen molar-refractivity contribution in [3.8, 4) is 0 Å². The lowest BCUT2D eigenvalue weighted by atomic mass is 9.96. The highest BCUT2D eigenvalue weighted by Gasteiger charge is 2.33. The van der Waals surface area contributed by atoms with Crippen LogP contribution in [0.3, 0.4) is 0 Å². The van der Waals surface area contributed by atoms with Gasteiger partial charge in [0.15, 0.2) is 0 Å². The lowest BCUT2D eigenvalue weighted by molar-refractivity contribution is -0.127. The Morgan fingerprint density at radius 3 is 2.32 bits per heavy atom. The monoisotopic (exact) mass is 494 g/mol. The molecule has 1 unspecified atom stereocenters. The zero-order valence-corrected chi connectivity index (χ0v) is 18.6. The van der Waals surface area contributed by atoms with Crippen LogP contribution in [0, 0.1) is 11.8 Å². The average Bonchev–Trinajstić information content (AvgIpc) is 2.54. The third-order valence-corrected chi connectivity index (χ3v) is 8.07. The van der Waals surface area contributed by atoms with Gasteiger partial charge in [-0.2, -0.15) is 4.31 Å². The molecule has 1 aromatic carbocycles. The van der Waals surface area contributed by atoms with Gasteiger partial charge in [-0.15, -0.1) is 0 Å². The molecule has 0 saturated carbocycles. The number of rotatable bonds is 5. The molecule has 25 heavy (non-hydrogen) atoms. The van der Waals surface area contributed by atoms with Crippen molar-refractivity contribution in [2.24, 2.45) is 11.8 Å². The highest BCUT2D eigenvalue weighted by molar-refractivity contribution is 9.11. The van der Waals surface area contributed by atoms with Crippen molar-refractivity contribution in [3.63, 3.8) is 0 Å². The van der Waals surface area contributed by atoms with E-state index in [2.05, 4.69) is 51.0 Å². The molecule has 0 aliphatic carbocycles. The molecule has 2 rings (SSSR count). The molecule has 8 heteroatoms. The second kappa shape index (κ2) is 8.50. The van der Waals surface area contributed by atoms with Gasteiger partial charge in [-0.25, -0.2) is 8.42 Å². The Morgan fingerprint density at radius 2 is 1.80 bits per heavy atom. The normalized spacial score (nSPS) is 18.3. The highest BCUT2D eigenvalue weighted by atomic mass is 79.9. The van der Waals surface area contributed by atoms with Crippen LogP contribution in [0.2, 0.25) is 0 Å². The first-order valence-electron chi connectivity index (χ1n) is 8.38. The van der Waals surface area contributed by atoms with E-state index in [0.717, 1.165) is 4.47 Å². The van der Waals surface area contributed by atoms with Crippen LogP contribution in [0.1, 0.15) is 33.6 Å². The van der Waals surface area contributed by atoms with Crippen LogP contribution in [-0.4, -0.2) is 37.8 Å². The summed E-state index contributed by atoms with van der Waals surface area (Å²) < 4.78 is 28.5. The van der Waals surface area contributed by atoms with Crippen molar-refractivity contribution in [3.05, 3.63) is 27.1 Å². The minimum absolute atomic E-state index is 0.0306. The van der Waals surface area contributed by atoms with Gasteiger partial charge in [-0.05, 0) is 59.8 Å². The Balaban J connectivity index is 2.02. The molecule has 1 fully saturated rings. The number of nitrogens with one attached hydrogen (secondary N) is 1. The summed E-state index contributed by atoms with van der Waals surface area (Å²) in [6.45, 7) is 6.84. The van der Waals surface area contributed by atoms with Crippen molar-refractivity contribution in [2.45, 2.75) is 44.6 Å². The van der Waals surface area contributed by atoms with Gasteiger partial charge >= 0.3 is 0 Å². The van der Waals surface area contributed by atoms with Crippen LogP contribution >= 0.6 is 31.9 Å². The van der Waals surface area contributed by atoms with Crippen LogP contribution in [-0.2, 0) is 14.8 Å². The summed E-state index contributed by atoms with van der Waals surface area (Å²) >= 11 is 6.65. The van der Waals surface area contributed by atoms with Gasteiger partial charge in [0.1, 0.15) is 0 Å². The number of carbonyl (C=O) groups is 1. The Kier molecular flexibility index (Phi) is 7.09. The largest absolute Gasteiger partial charge is 0.353 e. The SMILES string of the molecule is CC(C)C(C)NC(=O)C1CCN(S(=O)(=O)c2ccc(Br)cc2Br)CC1. The van der Waals surface area contributed by atoms with Crippen LogP contribution in [0.15, 0.2) is 32.0 Å². The number of amides is 1. The molecule has 1 aliphatic heterocycles. The zero-order chi connectivity index (χ0) is 18.8. The number of hydrogen-bond acceptors (Lipinski definition) is 3. The molecular weight excluding hydrogens is 472 g/mol. The van der Waals surface area contributed by atoms with Gasteiger partial charge in [0.05, 0.1) is 4.90 Å². The summed E-state index contributed by atoms with van der Waals surface area (Å²) in [5.41, 5.74) is 0. The quantitative estimate of drug-likeness (QED) is 0.675. The Labute approximate surface area is 166 Å². The maximum absolute atomic E-state index is 12.8. The van der Waals surface area contributed by atoms with E-state index >= 15 is 0 Å². The lowest BCUT2D eigenvalue weighted by Crippen LogP contribution is -2.45. The molecule has 1 aromatic rings. The summed E-state index contributed by atoms with van der Waals surface area (Å²) in [4.78, 5) is 12.6. The van der Waals surface area contributed by atoms with E-state index in [0.29, 0.717) is 36.3 Å². The van der Waals surface area contributed by atoms with Crippen molar-refractivity contribution in [1.82, 2.24) is 9.62 Å². The standard InChI is InChI=1S/C17H24Br2N2O3S/c1-11(2)12(3)20-17(22)13-6-8-21(9-7-13)25(23,24)16-5-4-14(18)10-15(16)19/h4-5,10-13H,6-9H2,1-3H3,(H,20,22). The fourth-order valence-corrected chi connectivity index (χ4v) is 5.87. The Bertz CT molecular complexity index is 729. The molecule has 0 bridgehead atoms. The fraction of sp³-hybridized carbons (Fsp3) is 0.588. The number of benzene rings is 1. The van der Waals surface area contributed by atoms with Gasteiger partial charge in [-0.1, -0.05) is 29.8 Å². The van der Waals surface area contributed by atoms with Crippen LogP contribution in [0.25, 0.3) is 0 Å². The molecule has 1 heterocycles. The van der Waals surface area contributed by atoms with Crippen molar-refractivity contribution < 1.29 is 13.2 Å². The van der Waals surface area contributed by atoms with Crippen LogP contribution in [0.5, 0.6) is 0 Å². The van der Waals surface area contributed by atoms with E-state index in [4.69, 9.17) is 0 Å². The molecule has 1 N–H and O–H groups in total. The van der Waals surface area contributed by atoms with Crippen molar-refractivity contribution in [2.75, 3.05) is 13.1 Å². The summed E-state index contributed by atoms with van der Waals surface area (Å²) in [5, 5.41) is 3.03. The highest BCUT2D eigenvalue weighted by Crippen LogP contribution is 2.30. The number of nitrogens with zero attached hydrogens (tertiary/aromatic N) is 1.